The van der Waals surface area contributed by atoms with Gasteiger partial charge in [-0.3, -0.25) is 4.79 Å². The summed E-state index contributed by atoms with van der Waals surface area (Å²) in [5, 5.41) is 0. The molecule has 2 aliphatic rings. The van der Waals surface area contributed by atoms with Gasteiger partial charge in [-0.25, -0.2) is 0 Å². The first kappa shape index (κ1) is 15.6. The van der Waals surface area contributed by atoms with Crippen molar-refractivity contribution in [2.45, 2.75) is 12.4 Å². The molecule has 0 amide bonds. The van der Waals surface area contributed by atoms with Crippen molar-refractivity contribution < 1.29 is 28.5 Å². The third-order valence-electron chi connectivity index (χ3n) is 4.06. The van der Waals surface area contributed by atoms with Gasteiger partial charge in [0.1, 0.15) is 0 Å². The van der Waals surface area contributed by atoms with E-state index in [1.807, 2.05) is 6.07 Å². The molecular weight excluding hydrogens is 300 g/mol. The highest BCUT2D eigenvalue weighted by atomic mass is 16.7. The Morgan fingerprint density at radius 2 is 1.83 bits per heavy atom. The zero-order valence-corrected chi connectivity index (χ0v) is 13.5. The summed E-state index contributed by atoms with van der Waals surface area (Å²) in [4.78, 5) is 11.9. The summed E-state index contributed by atoms with van der Waals surface area (Å²) in [6, 6.07) is 1.82. The van der Waals surface area contributed by atoms with E-state index >= 15 is 0 Å². The van der Waals surface area contributed by atoms with Crippen LogP contribution in [0.4, 0.5) is 0 Å². The number of ketones is 1. The summed E-state index contributed by atoms with van der Waals surface area (Å²) in [6.07, 6.45) is 4.55. The number of hydrogen-bond acceptors (Lipinski definition) is 6. The van der Waals surface area contributed by atoms with Gasteiger partial charge in [-0.2, -0.15) is 0 Å². The van der Waals surface area contributed by atoms with E-state index in [1.54, 1.807) is 20.3 Å². The molecule has 6 heteroatoms. The fraction of sp³-hybridized carbons (Fsp3) is 0.353. The van der Waals surface area contributed by atoms with Crippen molar-refractivity contribution in [1.82, 2.24) is 0 Å². The number of benzene rings is 1. The van der Waals surface area contributed by atoms with E-state index in [0.717, 1.165) is 11.1 Å². The van der Waals surface area contributed by atoms with Crippen LogP contribution in [-0.2, 0) is 20.9 Å². The Kier molecular flexibility index (Phi) is 3.87. The average Bonchev–Trinajstić information content (AvgIpc) is 2.59. The lowest BCUT2D eigenvalue weighted by Gasteiger charge is -2.39. The molecule has 0 fully saturated rings. The molecule has 0 saturated heterocycles. The smallest absolute Gasteiger partial charge is 0.216 e. The monoisotopic (exact) mass is 318 g/mol. The number of ether oxygens (including phenoxy) is 5. The Bertz CT molecular complexity index is 718. The van der Waals surface area contributed by atoms with Crippen LogP contribution in [0.25, 0.3) is 5.57 Å². The number of carbonyl (C=O) groups is 1. The van der Waals surface area contributed by atoms with Crippen LogP contribution in [0.1, 0.15) is 11.1 Å². The molecule has 1 aromatic rings. The molecule has 1 unspecified atom stereocenters. The van der Waals surface area contributed by atoms with Gasteiger partial charge in [0.15, 0.2) is 17.3 Å². The van der Waals surface area contributed by atoms with E-state index in [2.05, 4.69) is 0 Å². The maximum Gasteiger partial charge on any atom is 0.216 e. The van der Waals surface area contributed by atoms with Crippen LogP contribution in [-0.4, -0.2) is 40.0 Å². The molecule has 0 aromatic heterocycles. The second kappa shape index (κ2) is 5.72. The molecule has 1 heterocycles. The van der Waals surface area contributed by atoms with Crippen molar-refractivity contribution in [3.63, 3.8) is 0 Å². The second-order valence-corrected chi connectivity index (χ2v) is 5.13. The van der Waals surface area contributed by atoms with Crippen molar-refractivity contribution in [2.75, 3.05) is 28.4 Å². The van der Waals surface area contributed by atoms with E-state index in [0.29, 0.717) is 22.8 Å². The van der Waals surface area contributed by atoms with Gasteiger partial charge >= 0.3 is 0 Å². The molecule has 6 nitrogen and oxygen atoms in total. The van der Waals surface area contributed by atoms with Crippen LogP contribution in [0.3, 0.4) is 0 Å². The molecule has 0 bridgehead atoms. The van der Waals surface area contributed by atoms with Gasteiger partial charge in [-0.15, -0.1) is 0 Å². The molecule has 1 aromatic carbocycles. The zero-order valence-electron chi connectivity index (χ0n) is 13.5. The Balaban J connectivity index is 2.31. The molecular formula is C17H18O6. The normalized spacial score (nSPS) is 22.1. The second-order valence-electron chi connectivity index (χ2n) is 5.13. The molecule has 0 saturated carbocycles. The van der Waals surface area contributed by atoms with E-state index in [1.165, 1.54) is 26.4 Å². The summed E-state index contributed by atoms with van der Waals surface area (Å²) >= 11 is 0. The Morgan fingerprint density at radius 1 is 1.09 bits per heavy atom. The first-order valence-corrected chi connectivity index (χ1v) is 7.07. The van der Waals surface area contributed by atoms with Crippen LogP contribution < -0.4 is 14.2 Å². The molecule has 1 atom stereocenters. The molecule has 0 spiro atoms. The van der Waals surface area contributed by atoms with E-state index < -0.39 is 5.79 Å². The molecule has 122 valence electrons. The standard InChI is InChI=1S/C17H18O6/c1-19-13-7-10-9-23-17(22-4)6-5-11(18)8-12(17)14(10)16(21-3)15(13)20-2/h5-8H,9H2,1-4H3. The lowest BCUT2D eigenvalue weighted by Crippen LogP contribution is -2.39. The summed E-state index contributed by atoms with van der Waals surface area (Å²) < 4.78 is 27.8. The predicted molar refractivity (Wildman–Crippen MR) is 82.8 cm³/mol. The van der Waals surface area contributed by atoms with Gasteiger partial charge in [0, 0.05) is 18.2 Å². The van der Waals surface area contributed by atoms with Crippen molar-refractivity contribution in [3.05, 3.63) is 35.4 Å². The summed E-state index contributed by atoms with van der Waals surface area (Å²) in [6.45, 7) is 0.287. The highest BCUT2D eigenvalue weighted by Crippen LogP contribution is 2.51. The lowest BCUT2D eigenvalue weighted by molar-refractivity contribution is -0.159. The maximum absolute atomic E-state index is 11.9. The highest BCUT2D eigenvalue weighted by Gasteiger charge is 2.43. The van der Waals surface area contributed by atoms with E-state index in [9.17, 15) is 4.79 Å². The molecule has 3 rings (SSSR count). The van der Waals surface area contributed by atoms with Crippen molar-refractivity contribution in [1.29, 1.82) is 0 Å². The minimum Gasteiger partial charge on any atom is -0.493 e. The number of methoxy groups -OCH3 is 4. The number of hydrogen-bond donors (Lipinski definition) is 0. The summed E-state index contributed by atoms with van der Waals surface area (Å²) in [7, 11) is 6.17. The third-order valence-corrected chi connectivity index (χ3v) is 4.06. The van der Waals surface area contributed by atoms with Crippen LogP contribution in [0.5, 0.6) is 17.2 Å². The highest BCUT2D eigenvalue weighted by molar-refractivity contribution is 6.08. The third kappa shape index (κ3) is 2.22. The zero-order chi connectivity index (χ0) is 16.6. The quantitative estimate of drug-likeness (QED) is 0.847. The molecule has 1 aliphatic carbocycles. The molecule has 0 radical (unpaired) electrons. The van der Waals surface area contributed by atoms with Gasteiger partial charge in [-0.05, 0) is 29.9 Å². The Labute approximate surface area is 134 Å². The van der Waals surface area contributed by atoms with E-state index in [4.69, 9.17) is 23.7 Å². The van der Waals surface area contributed by atoms with Crippen LogP contribution in [0.2, 0.25) is 0 Å². The first-order valence-electron chi connectivity index (χ1n) is 7.07. The Morgan fingerprint density at radius 3 is 2.43 bits per heavy atom. The van der Waals surface area contributed by atoms with Crippen molar-refractivity contribution in [2.24, 2.45) is 0 Å². The van der Waals surface area contributed by atoms with Crippen molar-refractivity contribution >= 4 is 11.4 Å². The molecule has 23 heavy (non-hydrogen) atoms. The van der Waals surface area contributed by atoms with Crippen LogP contribution in [0.15, 0.2) is 24.3 Å². The maximum atomic E-state index is 11.9. The number of fused-ring (bicyclic) bond motifs is 3. The van der Waals surface area contributed by atoms with Gasteiger partial charge in [0.2, 0.25) is 11.5 Å². The van der Waals surface area contributed by atoms with Gasteiger partial charge in [-0.1, -0.05) is 0 Å². The number of allylic oxidation sites excluding steroid dienone is 2. The van der Waals surface area contributed by atoms with Gasteiger partial charge in [0.25, 0.3) is 0 Å². The SMILES string of the molecule is COc1cc2c(c(OC)c1OC)C1=CC(=O)C=CC1(OC)OC2. The average molecular weight is 318 g/mol. The fourth-order valence-corrected chi connectivity index (χ4v) is 2.98. The fourth-order valence-electron chi connectivity index (χ4n) is 2.98. The summed E-state index contributed by atoms with van der Waals surface area (Å²) in [5.74, 6) is 0.244. The Hall–Kier alpha value is -2.31. The predicted octanol–water partition coefficient (Wildman–Crippen LogP) is 2.11. The van der Waals surface area contributed by atoms with Crippen molar-refractivity contribution in [3.8, 4) is 17.2 Å². The summed E-state index contributed by atoms with van der Waals surface area (Å²) in [5.41, 5.74) is 2.16. The van der Waals surface area contributed by atoms with E-state index in [-0.39, 0.29) is 12.4 Å². The molecule has 1 aliphatic heterocycles. The van der Waals surface area contributed by atoms with Crippen LogP contribution in [0, 0.1) is 0 Å². The number of rotatable bonds is 4. The minimum absolute atomic E-state index is 0.138. The van der Waals surface area contributed by atoms with Gasteiger partial charge in [0.05, 0.1) is 27.9 Å². The van der Waals surface area contributed by atoms with Gasteiger partial charge < -0.3 is 23.7 Å². The largest absolute Gasteiger partial charge is 0.493 e. The van der Waals surface area contributed by atoms with Crippen LogP contribution >= 0.6 is 0 Å². The molecule has 0 N–H and O–H groups in total. The lowest BCUT2D eigenvalue weighted by atomic mass is 9.85. The number of carbonyl (C=O) groups excluding carboxylic acids is 1. The first-order chi connectivity index (χ1) is 11.1. The minimum atomic E-state index is -1.10. The topological polar surface area (TPSA) is 63.2 Å².